The minimum Gasteiger partial charge on any atom is -0.308 e. The van der Waals surface area contributed by atoms with Crippen LogP contribution in [0.5, 0.6) is 0 Å². The van der Waals surface area contributed by atoms with Crippen LogP contribution in [0.2, 0.25) is 0 Å². The molecule has 0 bridgehead atoms. The quantitative estimate of drug-likeness (QED) is 0.180. The second-order valence-corrected chi connectivity index (χ2v) is 16.0. The summed E-state index contributed by atoms with van der Waals surface area (Å²) in [5.41, 5.74) is 12.7. The van der Waals surface area contributed by atoms with Crippen molar-refractivity contribution in [3.63, 3.8) is 0 Å². The first kappa shape index (κ1) is 30.9. The molecule has 0 fully saturated rings. The SMILES string of the molecule is c1ccc(-c2ccc(-c3nc(-n4c5ccc(-c6ccccc6)cc5c5c6c7ccccc7n7c8ccccc8c(cc54)c67)c4sc5ccccc5c4n3)cc2)cc1. The molecule has 0 saturated carbocycles. The van der Waals surface area contributed by atoms with E-state index in [9.17, 15) is 0 Å². The first-order valence-electron chi connectivity index (χ1n) is 19.3. The van der Waals surface area contributed by atoms with E-state index in [0.29, 0.717) is 5.82 Å². The Morgan fingerprint density at radius 2 is 0.982 bits per heavy atom. The van der Waals surface area contributed by atoms with E-state index in [1.54, 1.807) is 11.3 Å². The van der Waals surface area contributed by atoms with Crippen molar-refractivity contribution in [2.45, 2.75) is 0 Å². The van der Waals surface area contributed by atoms with Crippen LogP contribution in [0.1, 0.15) is 0 Å². The zero-order valence-corrected chi connectivity index (χ0v) is 31.3. The Bertz CT molecular complexity index is 3730. The van der Waals surface area contributed by atoms with Gasteiger partial charge in [-0.25, -0.2) is 9.97 Å². The van der Waals surface area contributed by atoms with Gasteiger partial charge in [0.1, 0.15) is 0 Å². The Labute approximate surface area is 330 Å². The number of benzene rings is 8. The van der Waals surface area contributed by atoms with Gasteiger partial charge in [0.2, 0.25) is 0 Å². The number of nitrogens with zero attached hydrogens (tertiary/aromatic N) is 4. The van der Waals surface area contributed by atoms with Crippen LogP contribution in [0.15, 0.2) is 182 Å². The van der Waals surface area contributed by atoms with Gasteiger partial charge in [-0.2, -0.15) is 0 Å². The van der Waals surface area contributed by atoms with E-state index in [1.807, 2.05) is 0 Å². The molecule has 4 nitrogen and oxygen atoms in total. The van der Waals surface area contributed by atoms with Crippen LogP contribution >= 0.6 is 11.3 Å². The third kappa shape index (κ3) is 4.32. The summed E-state index contributed by atoms with van der Waals surface area (Å²) in [5, 5.41) is 8.63. The van der Waals surface area contributed by atoms with Gasteiger partial charge in [0.05, 0.1) is 37.8 Å². The molecule has 57 heavy (non-hydrogen) atoms. The molecule has 0 atom stereocenters. The number of thiophene rings is 1. The lowest BCUT2D eigenvalue weighted by Crippen LogP contribution is -2.01. The molecular weight excluding hydrogens is 713 g/mol. The Kier molecular flexibility index (Phi) is 6.29. The van der Waals surface area contributed by atoms with Gasteiger partial charge in [0.15, 0.2) is 11.6 Å². The fourth-order valence-electron chi connectivity index (χ4n) is 9.35. The molecule has 0 aliphatic rings. The number of fused-ring (bicyclic) bond motifs is 13. The van der Waals surface area contributed by atoms with E-state index in [1.165, 1.54) is 75.8 Å². The maximum absolute atomic E-state index is 5.59. The molecule has 0 spiro atoms. The summed E-state index contributed by atoms with van der Waals surface area (Å²) in [6, 6.07) is 65.7. The monoisotopic (exact) mass is 742 g/mol. The van der Waals surface area contributed by atoms with Crippen molar-refractivity contribution in [3.05, 3.63) is 182 Å². The van der Waals surface area contributed by atoms with Gasteiger partial charge >= 0.3 is 0 Å². The van der Waals surface area contributed by atoms with E-state index in [-0.39, 0.29) is 0 Å². The average molecular weight is 743 g/mol. The van der Waals surface area contributed by atoms with E-state index in [4.69, 9.17) is 9.97 Å². The van der Waals surface area contributed by atoms with Crippen LogP contribution < -0.4 is 0 Å². The highest BCUT2D eigenvalue weighted by Gasteiger charge is 2.26. The molecule has 0 aliphatic heterocycles. The lowest BCUT2D eigenvalue weighted by atomic mass is 9.99. The van der Waals surface area contributed by atoms with Crippen molar-refractivity contribution < 1.29 is 0 Å². The Hall–Kier alpha value is -7.34. The summed E-state index contributed by atoms with van der Waals surface area (Å²) in [4.78, 5) is 10.9. The average Bonchev–Trinajstić information content (AvgIpc) is 4.02. The van der Waals surface area contributed by atoms with Gasteiger partial charge < -0.3 is 4.40 Å². The topological polar surface area (TPSA) is 35.1 Å². The third-order valence-corrected chi connectivity index (χ3v) is 13.0. The van der Waals surface area contributed by atoms with E-state index in [2.05, 4.69) is 191 Å². The van der Waals surface area contributed by atoms with Gasteiger partial charge in [0, 0.05) is 48.0 Å². The van der Waals surface area contributed by atoms with Crippen LogP contribution in [0, 0.1) is 0 Å². The van der Waals surface area contributed by atoms with Crippen LogP contribution in [-0.4, -0.2) is 18.9 Å². The van der Waals surface area contributed by atoms with Crippen molar-refractivity contribution in [3.8, 4) is 39.5 Å². The van der Waals surface area contributed by atoms with Gasteiger partial charge in [0.25, 0.3) is 0 Å². The second kappa shape index (κ2) is 11.6. The van der Waals surface area contributed by atoms with Crippen LogP contribution in [0.25, 0.3) is 120 Å². The van der Waals surface area contributed by atoms with Crippen molar-refractivity contribution in [2.75, 3.05) is 0 Å². The molecule has 0 amide bonds. The highest BCUT2D eigenvalue weighted by Crippen LogP contribution is 2.48. The van der Waals surface area contributed by atoms with Crippen molar-refractivity contribution in [1.29, 1.82) is 0 Å². The molecule has 5 heteroatoms. The minimum absolute atomic E-state index is 0.712. The Morgan fingerprint density at radius 1 is 0.386 bits per heavy atom. The lowest BCUT2D eigenvalue weighted by molar-refractivity contribution is 1.08. The Morgan fingerprint density at radius 3 is 1.75 bits per heavy atom. The zero-order valence-electron chi connectivity index (χ0n) is 30.5. The minimum atomic E-state index is 0.712. The van der Waals surface area contributed by atoms with Gasteiger partial charge in [-0.05, 0) is 58.7 Å². The summed E-state index contributed by atoms with van der Waals surface area (Å²) in [7, 11) is 0. The van der Waals surface area contributed by atoms with Crippen molar-refractivity contribution in [2.24, 2.45) is 0 Å². The highest BCUT2D eigenvalue weighted by atomic mass is 32.1. The Balaban J connectivity index is 1.20. The normalized spacial score (nSPS) is 12.2. The largest absolute Gasteiger partial charge is 0.308 e. The molecular formula is C52H30N4S. The zero-order chi connectivity index (χ0) is 37.2. The molecule has 13 rings (SSSR count). The van der Waals surface area contributed by atoms with E-state index >= 15 is 0 Å². The van der Waals surface area contributed by atoms with Crippen molar-refractivity contribution in [1.82, 2.24) is 18.9 Å². The van der Waals surface area contributed by atoms with Crippen LogP contribution in [0.3, 0.4) is 0 Å². The molecule has 264 valence electrons. The smallest absolute Gasteiger partial charge is 0.162 e. The summed E-state index contributed by atoms with van der Waals surface area (Å²) in [6.07, 6.45) is 0. The predicted octanol–water partition coefficient (Wildman–Crippen LogP) is 14.1. The molecule has 8 aromatic carbocycles. The summed E-state index contributed by atoms with van der Waals surface area (Å²) < 4.78 is 7.19. The van der Waals surface area contributed by atoms with Gasteiger partial charge in [-0.15, -0.1) is 11.3 Å². The first-order chi connectivity index (χ1) is 28.3. The third-order valence-electron chi connectivity index (χ3n) is 11.9. The number of para-hydroxylation sites is 2. The van der Waals surface area contributed by atoms with E-state index < -0.39 is 0 Å². The van der Waals surface area contributed by atoms with Gasteiger partial charge in [-0.1, -0.05) is 146 Å². The fraction of sp³-hybridized carbons (Fsp3) is 0. The van der Waals surface area contributed by atoms with Crippen molar-refractivity contribution >= 4 is 91.5 Å². The predicted molar refractivity (Wildman–Crippen MR) is 240 cm³/mol. The molecule has 0 aliphatic carbocycles. The van der Waals surface area contributed by atoms with Gasteiger partial charge in [-0.3, -0.25) is 4.57 Å². The number of aromatic nitrogens is 4. The lowest BCUT2D eigenvalue weighted by Gasteiger charge is -2.12. The molecule has 5 heterocycles. The maximum atomic E-state index is 5.59. The molecule has 0 radical (unpaired) electrons. The highest BCUT2D eigenvalue weighted by molar-refractivity contribution is 7.26. The number of hydrogen-bond acceptors (Lipinski definition) is 3. The molecule has 0 saturated heterocycles. The fourth-order valence-corrected chi connectivity index (χ4v) is 10.5. The molecule has 0 unspecified atom stereocenters. The standard InChI is InChI=1S/C52H30N4S/c1-3-13-31(14-4-1)33-23-25-34(26-24-33)51-53-48-38-19-9-12-22-45(38)57-50(48)52(54-51)56-43-28-27-35(32-15-5-2-6-16-32)29-40(43)46-44(56)30-39-36-17-7-10-20-41(36)55-42-21-11-8-18-37(42)47(46)49(39)55/h1-30H. The van der Waals surface area contributed by atoms with E-state index in [0.717, 1.165) is 38.0 Å². The number of hydrogen-bond donors (Lipinski definition) is 0. The second-order valence-electron chi connectivity index (χ2n) is 14.9. The maximum Gasteiger partial charge on any atom is 0.162 e. The molecule has 5 aromatic heterocycles. The summed E-state index contributed by atoms with van der Waals surface area (Å²) in [6.45, 7) is 0. The molecule has 13 aromatic rings. The van der Waals surface area contributed by atoms with Crippen LogP contribution in [0.4, 0.5) is 0 Å². The number of rotatable bonds is 4. The first-order valence-corrected chi connectivity index (χ1v) is 20.2. The summed E-state index contributed by atoms with van der Waals surface area (Å²) in [5.74, 6) is 1.61. The molecule has 0 N–H and O–H groups in total. The summed E-state index contributed by atoms with van der Waals surface area (Å²) >= 11 is 1.77. The van der Waals surface area contributed by atoms with Crippen LogP contribution in [-0.2, 0) is 0 Å².